The molecule has 2 rings (SSSR count). The Bertz CT molecular complexity index is 482. The molecule has 0 fully saturated rings. The molecule has 0 aliphatic carbocycles. The van der Waals surface area contributed by atoms with Gasteiger partial charge < -0.3 is 10.0 Å². The van der Waals surface area contributed by atoms with Gasteiger partial charge in [0, 0.05) is 34.6 Å². The highest BCUT2D eigenvalue weighted by atomic mass is 32.1. The Kier molecular flexibility index (Phi) is 4.33. The third-order valence-corrected chi connectivity index (χ3v) is 3.75. The van der Waals surface area contributed by atoms with Crippen molar-refractivity contribution in [3.8, 4) is 0 Å². The molecule has 0 aromatic carbocycles. The molecule has 0 aliphatic rings. The van der Waals surface area contributed by atoms with Crippen LogP contribution in [0, 0.1) is 0 Å². The number of aliphatic hydroxyl groups is 1. The largest absolute Gasteiger partial charge is 0.392 e. The van der Waals surface area contributed by atoms with Crippen LogP contribution in [-0.4, -0.2) is 16.1 Å². The molecular formula is C14H18N2OS. The fourth-order valence-electron chi connectivity index (χ4n) is 1.94. The van der Waals surface area contributed by atoms with E-state index in [0.717, 1.165) is 17.8 Å². The van der Waals surface area contributed by atoms with E-state index in [2.05, 4.69) is 41.2 Å². The molecular weight excluding hydrogens is 244 g/mol. The Morgan fingerprint density at radius 3 is 2.83 bits per heavy atom. The number of aromatic nitrogens is 1. The summed E-state index contributed by atoms with van der Waals surface area (Å²) in [5.41, 5.74) is 1.94. The van der Waals surface area contributed by atoms with Crippen LogP contribution in [-0.2, 0) is 13.2 Å². The summed E-state index contributed by atoms with van der Waals surface area (Å²) >= 11 is 1.76. The van der Waals surface area contributed by atoms with Crippen molar-refractivity contribution in [3.63, 3.8) is 0 Å². The van der Waals surface area contributed by atoms with Crippen LogP contribution in [0.3, 0.4) is 0 Å². The summed E-state index contributed by atoms with van der Waals surface area (Å²) in [6.45, 7) is 5.22. The number of anilines is 1. The average molecular weight is 262 g/mol. The smallest absolute Gasteiger partial charge is 0.0717 e. The number of aliphatic hydroxyl groups excluding tert-OH is 1. The fourth-order valence-corrected chi connectivity index (χ4v) is 2.64. The lowest BCUT2D eigenvalue weighted by Crippen LogP contribution is -2.30. The van der Waals surface area contributed by atoms with Gasteiger partial charge in [0.05, 0.1) is 13.2 Å². The van der Waals surface area contributed by atoms with Crippen LogP contribution in [0.1, 0.15) is 24.3 Å². The Balaban J connectivity index is 2.29. The fraction of sp³-hybridized carbons (Fsp3) is 0.357. The first-order chi connectivity index (χ1) is 8.72. The molecule has 0 radical (unpaired) electrons. The zero-order chi connectivity index (χ0) is 13.0. The maximum absolute atomic E-state index is 9.41. The molecule has 2 aromatic heterocycles. The van der Waals surface area contributed by atoms with E-state index in [1.54, 1.807) is 23.7 Å². The number of thiophene rings is 1. The van der Waals surface area contributed by atoms with Gasteiger partial charge in [-0.15, -0.1) is 11.3 Å². The summed E-state index contributed by atoms with van der Waals surface area (Å²) in [5.74, 6) is 0. The predicted octanol–water partition coefficient (Wildman–Crippen LogP) is 3.05. The van der Waals surface area contributed by atoms with Crippen molar-refractivity contribution in [2.75, 3.05) is 4.90 Å². The SMILES string of the molecule is CC(C)N(Cc1cccs1)c1ccncc1CO. The van der Waals surface area contributed by atoms with Gasteiger partial charge in [0.25, 0.3) is 0 Å². The standard InChI is InChI=1S/C14H18N2OS/c1-11(2)16(9-13-4-3-7-18-13)14-5-6-15-8-12(14)10-17/h3-8,11,17H,9-10H2,1-2H3. The minimum Gasteiger partial charge on any atom is -0.392 e. The van der Waals surface area contributed by atoms with Crippen LogP contribution in [0.4, 0.5) is 5.69 Å². The number of pyridine rings is 1. The highest BCUT2D eigenvalue weighted by molar-refractivity contribution is 7.09. The molecule has 0 spiro atoms. The van der Waals surface area contributed by atoms with Crippen LogP contribution < -0.4 is 4.90 Å². The Morgan fingerprint density at radius 1 is 1.39 bits per heavy atom. The second-order valence-electron chi connectivity index (χ2n) is 4.46. The molecule has 0 amide bonds. The zero-order valence-electron chi connectivity index (χ0n) is 10.7. The van der Waals surface area contributed by atoms with Crippen molar-refractivity contribution in [1.29, 1.82) is 0 Å². The zero-order valence-corrected chi connectivity index (χ0v) is 11.5. The molecule has 0 unspecified atom stereocenters. The highest BCUT2D eigenvalue weighted by Crippen LogP contribution is 2.25. The molecule has 0 atom stereocenters. The number of hydrogen-bond acceptors (Lipinski definition) is 4. The molecule has 2 heterocycles. The summed E-state index contributed by atoms with van der Waals surface area (Å²) in [6, 6.07) is 6.55. The van der Waals surface area contributed by atoms with Crippen LogP contribution in [0.15, 0.2) is 36.0 Å². The van der Waals surface area contributed by atoms with E-state index in [-0.39, 0.29) is 6.61 Å². The second-order valence-corrected chi connectivity index (χ2v) is 5.50. The van der Waals surface area contributed by atoms with Crippen LogP contribution >= 0.6 is 11.3 Å². The lowest BCUT2D eigenvalue weighted by molar-refractivity contribution is 0.281. The summed E-state index contributed by atoms with van der Waals surface area (Å²) in [5, 5.41) is 11.5. The first kappa shape index (κ1) is 13.1. The highest BCUT2D eigenvalue weighted by Gasteiger charge is 2.15. The minimum absolute atomic E-state index is 0.0246. The van der Waals surface area contributed by atoms with Gasteiger partial charge in [-0.05, 0) is 31.4 Å². The second kappa shape index (κ2) is 5.98. The van der Waals surface area contributed by atoms with Crippen molar-refractivity contribution in [3.05, 3.63) is 46.4 Å². The average Bonchev–Trinajstić information content (AvgIpc) is 2.88. The monoisotopic (exact) mass is 262 g/mol. The predicted molar refractivity (Wildman–Crippen MR) is 75.8 cm³/mol. The van der Waals surface area contributed by atoms with Crippen molar-refractivity contribution in [2.24, 2.45) is 0 Å². The first-order valence-electron chi connectivity index (χ1n) is 6.05. The number of nitrogens with zero attached hydrogens (tertiary/aromatic N) is 2. The van der Waals surface area contributed by atoms with E-state index in [9.17, 15) is 5.11 Å². The third-order valence-electron chi connectivity index (χ3n) is 2.89. The van der Waals surface area contributed by atoms with Gasteiger partial charge in [0.15, 0.2) is 0 Å². The summed E-state index contributed by atoms with van der Waals surface area (Å²) in [7, 11) is 0. The maximum atomic E-state index is 9.41. The van der Waals surface area contributed by atoms with Gasteiger partial charge in [-0.3, -0.25) is 4.98 Å². The van der Waals surface area contributed by atoms with E-state index in [4.69, 9.17) is 0 Å². The molecule has 0 aliphatic heterocycles. The van der Waals surface area contributed by atoms with Crippen molar-refractivity contribution < 1.29 is 5.11 Å². The van der Waals surface area contributed by atoms with Gasteiger partial charge in [-0.2, -0.15) is 0 Å². The summed E-state index contributed by atoms with van der Waals surface area (Å²) in [6.07, 6.45) is 3.51. The molecule has 1 N–H and O–H groups in total. The van der Waals surface area contributed by atoms with Crippen molar-refractivity contribution in [2.45, 2.75) is 33.0 Å². The lowest BCUT2D eigenvalue weighted by atomic mass is 10.2. The molecule has 0 saturated heterocycles. The Hall–Kier alpha value is -1.39. The third kappa shape index (κ3) is 2.89. The first-order valence-corrected chi connectivity index (χ1v) is 6.93. The normalized spacial score (nSPS) is 10.9. The molecule has 0 saturated carbocycles. The molecule has 4 heteroatoms. The summed E-state index contributed by atoms with van der Waals surface area (Å²) < 4.78 is 0. The van der Waals surface area contributed by atoms with Crippen LogP contribution in [0.2, 0.25) is 0 Å². The molecule has 0 bridgehead atoms. The van der Waals surface area contributed by atoms with E-state index < -0.39 is 0 Å². The summed E-state index contributed by atoms with van der Waals surface area (Å²) in [4.78, 5) is 7.69. The van der Waals surface area contributed by atoms with Gasteiger partial charge >= 0.3 is 0 Å². The van der Waals surface area contributed by atoms with Gasteiger partial charge in [-0.1, -0.05) is 6.07 Å². The van der Waals surface area contributed by atoms with Crippen molar-refractivity contribution >= 4 is 17.0 Å². The Labute approximate surface area is 112 Å². The van der Waals surface area contributed by atoms with Crippen LogP contribution in [0.5, 0.6) is 0 Å². The molecule has 96 valence electrons. The van der Waals surface area contributed by atoms with E-state index in [0.29, 0.717) is 6.04 Å². The number of hydrogen-bond donors (Lipinski definition) is 1. The molecule has 2 aromatic rings. The lowest BCUT2D eigenvalue weighted by Gasteiger charge is -2.30. The van der Waals surface area contributed by atoms with Gasteiger partial charge in [-0.25, -0.2) is 0 Å². The quantitative estimate of drug-likeness (QED) is 0.899. The topological polar surface area (TPSA) is 36.4 Å². The molecule has 18 heavy (non-hydrogen) atoms. The minimum atomic E-state index is 0.0246. The van der Waals surface area contributed by atoms with Crippen LogP contribution in [0.25, 0.3) is 0 Å². The van der Waals surface area contributed by atoms with Crippen molar-refractivity contribution in [1.82, 2.24) is 4.98 Å². The Morgan fingerprint density at radius 2 is 2.22 bits per heavy atom. The van der Waals surface area contributed by atoms with E-state index in [1.807, 2.05) is 6.07 Å². The number of rotatable bonds is 5. The van der Waals surface area contributed by atoms with E-state index in [1.165, 1.54) is 4.88 Å². The molecule has 3 nitrogen and oxygen atoms in total. The van der Waals surface area contributed by atoms with Gasteiger partial charge in [0.2, 0.25) is 0 Å². The maximum Gasteiger partial charge on any atom is 0.0717 e. The van der Waals surface area contributed by atoms with Gasteiger partial charge in [0.1, 0.15) is 0 Å². The van der Waals surface area contributed by atoms with E-state index >= 15 is 0 Å².